The summed E-state index contributed by atoms with van der Waals surface area (Å²) in [5.74, 6) is -0.0867. The van der Waals surface area contributed by atoms with Gasteiger partial charge in [0, 0.05) is 58.1 Å². The van der Waals surface area contributed by atoms with Crippen molar-refractivity contribution in [2.45, 2.75) is 6.42 Å². The summed E-state index contributed by atoms with van der Waals surface area (Å²) >= 11 is 0. The second-order valence-corrected chi connectivity index (χ2v) is 4.97. The Kier molecular flexibility index (Phi) is 4.55. The van der Waals surface area contributed by atoms with Gasteiger partial charge >= 0.3 is 0 Å². The van der Waals surface area contributed by atoms with Crippen molar-refractivity contribution in [2.75, 3.05) is 51.7 Å². The first-order valence-corrected chi connectivity index (χ1v) is 6.56. The van der Waals surface area contributed by atoms with Crippen molar-refractivity contribution in [3.8, 4) is 0 Å². The topological polar surface area (TPSA) is 18.5 Å². The average Bonchev–Trinajstić information content (AvgIpc) is 2.38. The zero-order valence-electron chi connectivity index (χ0n) is 11.2. The third-order valence-corrected chi connectivity index (χ3v) is 3.46. The van der Waals surface area contributed by atoms with Gasteiger partial charge in [-0.3, -0.25) is 0 Å². The van der Waals surface area contributed by atoms with Crippen LogP contribution in [0.3, 0.4) is 0 Å². The predicted molar refractivity (Wildman–Crippen MR) is 73.7 cm³/mol. The quantitative estimate of drug-likeness (QED) is 0.871. The van der Waals surface area contributed by atoms with Crippen molar-refractivity contribution >= 4 is 5.69 Å². The van der Waals surface area contributed by atoms with E-state index in [9.17, 15) is 4.39 Å². The van der Waals surface area contributed by atoms with Crippen LogP contribution >= 0.6 is 0 Å². The number of hydrogen-bond donors (Lipinski definition) is 1. The van der Waals surface area contributed by atoms with Crippen LogP contribution in [-0.4, -0.2) is 51.7 Å². The molecule has 18 heavy (non-hydrogen) atoms. The van der Waals surface area contributed by atoms with Crippen LogP contribution in [0.5, 0.6) is 0 Å². The Bertz CT molecular complexity index is 387. The number of nitrogens with zero attached hydrogens (tertiary/aromatic N) is 2. The Hall–Kier alpha value is -1.13. The first-order chi connectivity index (χ1) is 8.68. The standard InChI is InChI=1S/C14H22FN3/c1-17(2)14-5-3-4-13(15)12(14)6-9-18-10-7-16-8-11-18/h3-5,16H,6-11H2,1-2H3. The molecule has 100 valence electrons. The molecule has 0 aromatic heterocycles. The van der Waals surface area contributed by atoms with Gasteiger partial charge in [-0.25, -0.2) is 4.39 Å². The number of hydrogen-bond acceptors (Lipinski definition) is 3. The van der Waals surface area contributed by atoms with Crippen LogP contribution in [0.25, 0.3) is 0 Å². The van der Waals surface area contributed by atoms with Crippen LogP contribution in [-0.2, 0) is 6.42 Å². The summed E-state index contributed by atoms with van der Waals surface area (Å²) < 4.78 is 13.9. The highest BCUT2D eigenvalue weighted by Gasteiger charge is 2.13. The number of nitrogens with one attached hydrogen (secondary N) is 1. The van der Waals surface area contributed by atoms with E-state index in [1.54, 1.807) is 12.1 Å². The number of anilines is 1. The van der Waals surface area contributed by atoms with Crippen LogP contribution in [0.2, 0.25) is 0 Å². The van der Waals surface area contributed by atoms with Crippen LogP contribution < -0.4 is 10.2 Å². The summed E-state index contributed by atoms with van der Waals surface area (Å²) in [6.07, 6.45) is 0.778. The molecule has 1 saturated heterocycles. The molecule has 2 rings (SSSR count). The van der Waals surface area contributed by atoms with Gasteiger partial charge in [-0.1, -0.05) is 6.07 Å². The zero-order chi connectivity index (χ0) is 13.0. The molecule has 0 saturated carbocycles. The fourth-order valence-corrected chi connectivity index (χ4v) is 2.42. The summed E-state index contributed by atoms with van der Waals surface area (Å²) in [5.41, 5.74) is 1.83. The lowest BCUT2D eigenvalue weighted by Gasteiger charge is -2.28. The summed E-state index contributed by atoms with van der Waals surface area (Å²) in [7, 11) is 3.92. The molecule has 1 N–H and O–H groups in total. The van der Waals surface area contributed by atoms with Crippen molar-refractivity contribution in [3.05, 3.63) is 29.6 Å². The molecule has 1 aliphatic rings. The van der Waals surface area contributed by atoms with Crippen LogP contribution in [0.1, 0.15) is 5.56 Å². The molecule has 0 unspecified atom stereocenters. The monoisotopic (exact) mass is 251 g/mol. The fraction of sp³-hybridized carbons (Fsp3) is 0.571. The fourth-order valence-electron chi connectivity index (χ4n) is 2.42. The van der Waals surface area contributed by atoms with E-state index < -0.39 is 0 Å². The first-order valence-electron chi connectivity index (χ1n) is 6.56. The molecule has 0 radical (unpaired) electrons. The van der Waals surface area contributed by atoms with E-state index in [0.717, 1.165) is 50.4 Å². The molecule has 1 heterocycles. The molecule has 4 heteroatoms. The van der Waals surface area contributed by atoms with Gasteiger partial charge in [-0.05, 0) is 18.6 Å². The molecular formula is C14H22FN3. The molecule has 0 bridgehead atoms. The minimum atomic E-state index is -0.0867. The van der Waals surface area contributed by atoms with Crippen LogP contribution in [0.15, 0.2) is 18.2 Å². The minimum Gasteiger partial charge on any atom is -0.377 e. The van der Waals surface area contributed by atoms with Crippen molar-refractivity contribution in [1.29, 1.82) is 0 Å². The second-order valence-electron chi connectivity index (χ2n) is 4.97. The average molecular weight is 251 g/mol. The van der Waals surface area contributed by atoms with Gasteiger partial charge in [-0.15, -0.1) is 0 Å². The normalized spacial score (nSPS) is 16.8. The number of piperazine rings is 1. The maximum Gasteiger partial charge on any atom is 0.128 e. The lowest BCUT2D eigenvalue weighted by atomic mass is 10.1. The van der Waals surface area contributed by atoms with Gasteiger partial charge in [0.2, 0.25) is 0 Å². The Labute approximate surface area is 109 Å². The van der Waals surface area contributed by atoms with Gasteiger partial charge in [0.15, 0.2) is 0 Å². The van der Waals surface area contributed by atoms with Gasteiger partial charge in [0.05, 0.1) is 0 Å². The van der Waals surface area contributed by atoms with Crippen molar-refractivity contribution in [2.24, 2.45) is 0 Å². The van der Waals surface area contributed by atoms with E-state index in [2.05, 4.69) is 10.2 Å². The summed E-state index contributed by atoms with van der Waals surface area (Å²) in [6, 6.07) is 5.31. The highest BCUT2D eigenvalue weighted by atomic mass is 19.1. The Morgan fingerprint density at radius 2 is 2.00 bits per heavy atom. The number of rotatable bonds is 4. The molecule has 1 aromatic rings. The highest BCUT2D eigenvalue weighted by Crippen LogP contribution is 2.22. The lowest BCUT2D eigenvalue weighted by Crippen LogP contribution is -2.44. The smallest absolute Gasteiger partial charge is 0.128 e. The highest BCUT2D eigenvalue weighted by molar-refractivity contribution is 5.53. The lowest BCUT2D eigenvalue weighted by molar-refractivity contribution is 0.243. The Balaban J connectivity index is 2.03. The van der Waals surface area contributed by atoms with E-state index in [1.165, 1.54) is 0 Å². The number of halogens is 1. The maximum atomic E-state index is 13.9. The molecule has 1 aliphatic heterocycles. The number of benzene rings is 1. The minimum absolute atomic E-state index is 0.0867. The third kappa shape index (κ3) is 3.21. The summed E-state index contributed by atoms with van der Waals surface area (Å²) in [4.78, 5) is 4.37. The second kappa shape index (κ2) is 6.16. The molecular weight excluding hydrogens is 229 g/mol. The van der Waals surface area contributed by atoms with Crippen molar-refractivity contribution < 1.29 is 4.39 Å². The molecule has 1 aromatic carbocycles. The van der Waals surface area contributed by atoms with E-state index in [0.29, 0.717) is 0 Å². The first kappa shape index (κ1) is 13.3. The molecule has 0 atom stereocenters. The van der Waals surface area contributed by atoms with Crippen LogP contribution in [0, 0.1) is 5.82 Å². The summed E-state index contributed by atoms with van der Waals surface area (Å²) in [6.45, 7) is 5.14. The largest absolute Gasteiger partial charge is 0.377 e. The molecule has 0 amide bonds. The van der Waals surface area contributed by atoms with Crippen molar-refractivity contribution in [1.82, 2.24) is 10.2 Å². The van der Waals surface area contributed by atoms with Gasteiger partial charge in [0.25, 0.3) is 0 Å². The predicted octanol–water partition coefficient (Wildman–Crippen LogP) is 1.34. The SMILES string of the molecule is CN(C)c1cccc(F)c1CCN1CCNCC1. The summed E-state index contributed by atoms with van der Waals surface area (Å²) in [5, 5.41) is 3.33. The molecule has 3 nitrogen and oxygen atoms in total. The maximum absolute atomic E-state index is 13.9. The van der Waals surface area contributed by atoms with Crippen LogP contribution in [0.4, 0.5) is 10.1 Å². The molecule has 0 aliphatic carbocycles. The molecule has 0 spiro atoms. The van der Waals surface area contributed by atoms with E-state index in [4.69, 9.17) is 0 Å². The van der Waals surface area contributed by atoms with E-state index in [-0.39, 0.29) is 5.82 Å². The van der Waals surface area contributed by atoms with Gasteiger partial charge in [-0.2, -0.15) is 0 Å². The van der Waals surface area contributed by atoms with Crippen molar-refractivity contribution in [3.63, 3.8) is 0 Å². The third-order valence-electron chi connectivity index (χ3n) is 3.46. The Morgan fingerprint density at radius 3 is 2.67 bits per heavy atom. The Morgan fingerprint density at radius 1 is 1.28 bits per heavy atom. The van der Waals surface area contributed by atoms with Gasteiger partial charge < -0.3 is 15.1 Å². The zero-order valence-corrected chi connectivity index (χ0v) is 11.2. The van der Waals surface area contributed by atoms with E-state index in [1.807, 2.05) is 25.1 Å². The van der Waals surface area contributed by atoms with Gasteiger partial charge in [0.1, 0.15) is 5.82 Å². The molecule has 1 fully saturated rings. The van der Waals surface area contributed by atoms with E-state index >= 15 is 0 Å².